The standard InChI is InChI=1S/C22H17NO5/c1-15-6-10-17(11-7-15)21(24)19-4-2-3-5-20(19)22(25)28-14-16-8-12-18(13-9-16)23(26)27/h2-13H,14H2,1H3. The second-order valence-electron chi connectivity index (χ2n) is 6.24. The predicted molar refractivity (Wildman–Crippen MR) is 103 cm³/mol. The highest BCUT2D eigenvalue weighted by molar-refractivity contribution is 6.14. The van der Waals surface area contributed by atoms with E-state index >= 15 is 0 Å². The van der Waals surface area contributed by atoms with E-state index in [2.05, 4.69) is 0 Å². The molecule has 0 spiro atoms. The Morgan fingerprint density at radius 1 is 0.893 bits per heavy atom. The molecule has 0 atom stereocenters. The maximum Gasteiger partial charge on any atom is 0.339 e. The van der Waals surface area contributed by atoms with Crippen LogP contribution in [0.1, 0.15) is 37.4 Å². The summed E-state index contributed by atoms with van der Waals surface area (Å²) in [7, 11) is 0. The molecule has 0 saturated carbocycles. The summed E-state index contributed by atoms with van der Waals surface area (Å²) in [5.41, 5.74) is 2.54. The van der Waals surface area contributed by atoms with Gasteiger partial charge in [0.15, 0.2) is 5.78 Å². The number of benzene rings is 3. The minimum atomic E-state index is -0.630. The first-order valence-corrected chi connectivity index (χ1v) is 8.56. The minimum Gasteiger partial charge on any atom is -0.457 e. The van der Waals surface area contributed by atoms with Crippen LogP contribution in [0.5, 0.6) is 0 Å². The van der Waals surface area contributed by atoms with E-state index < -0.39 is 10.9 Å². The maximum absolute atomic E-state index is 12.8. The Bertz CT molecular complexity index is 1020. The molecule has 0 aliphatic heterocycles. The van der Waals surface area contributed by atoms with Gasteiger partial charge in [-0.25, -0.2) is 4.79 Å². The molecule has 0 radical (unpaired) electrons. The quantitative estimate of drug-likeness (QED) is 0.274. The van der Waals surface area contributed by atoms with Gasteiger partial charge in [-0.15, -0.1) is 0 Å². The van der Waals surface area contributed by atoms with Crippen molar-refractivity contribution in [1.82, 2.24) is 0 Å². The fraction of sp³-hybridized carbons (Fsp3) is 0.0909. The highest BCUT2D eigenvalue weighted by Gasteiger charge is 2.19. The number of aryl methyl sites for hydroxylation is 1. The van der Waals surface area contributed by atoms with Crippen molar-refractivity contribution in [3.05, 3.63) is 111 Å². The molecule has 140 valence electrons. The summed E-state index contributed by atoms with van der Waals surface area (Å²) in [4.78, 5) is 35.5. The molecule has 0 aliphatic rings. The van der Waals surface area contributed by atoms with Crippen molar-refractivity contribution < 1.29 is 19.2 Å². The lowest BCUT2D eigenvalue weighted by Crippen LogP contribution is -2.12. The molecule has 6 heteroatoms. The zero-order valence-corrected chi connectivity index (χ0v) is 15.1. The average Bonchev–Trinajstić information content (AvgIpc) is 2.72. The van der Waals surface area contributed by atoms with E-state index in [1.807, 2.05) is 19.1 Å². The first kappa shape index (κ1) is 19.0. The average molecular weight is 375 g/mol. The smallest absolute Gasteiger partial charge is 0.339 e. The number of ketones is 1. The Kier molecular flexibility index (Phi) is 5.60. The summed E-state index contributed by atoms with van der Waals surface area (Å²) in [6.07, 6.45) is 0. The van der Waals surface area contributed by atoms with Gasteiger partial charge in [0.05, 0.1) is 10.5 Å². The molecule has 0 unspecified atom stereocenters. The number of nitro benzene ring substituents is 1. The van der Waals surface area contributed by atoms with Crippen molar-refractivity contribution in [3.8, 4) is 0 Å². The van der Waals surface area contributed by atoms with E-state index in [0.29, 0.717) is 11.1 Å². The molecule has 3 aromatic rings. The number of carbonyl (C=O) groups is 2. The number of nitro groups is 1. The lowest BCUT2D eigenvalue weighted by atomic mass is 9.98. The first-order valence-electron chi connectivity index (χ1n) is 8.56. The number of carbonyl (C=O) groups excluding carboxylic acids is 2. The maximum atomic E-state index is 12.8. The van der Waals surface area contributed by atoms with Crippen molar-refractivity contribution in [2.75, 3.05) is 0 Å². The van der Waals surface area contributed by atoms with E-state index in [1.165, 1.54) is 24.3 Å². The molecule has 3 aromatic carbocycles. The SMILES string of the molecule is Cc1ccc(C(=O)c2ccccc2C(=O)OCc2ccc([N+](=O)[O-])cc2)cc1. The fourth-order valence-corrected chi connectivity index (χ4v) is 2.66. The highest BCUT2D eigenvalue weighted by atomic mass is 16.6. The van der Waals surface area contributed by atoms with Crippen LogP contribution in [-0.2, 0) is 11.3 Å². The minimum absolute atomic E-state index is 0.0379. The summed E-state index contributed by atoms with van der Waals surface area (Å²) >= 11 is 0. The lowest BCUT2D eigenvalue weighted by Gasteiger charge is -2.09. The van der Waals surface area contributed by atoms with E-state index in [1.54, 1.807) is 36.4 Å². The normalized spacial score (nSPS) is 10.3. The van der Waals surface area contributed by atoms with Crippen molar-refractivity contribution in [2.24, 2.45) is 0 Å². The van der Waals surface area contributed by atoms with Crippen LogP contribution in [0.4, 0.5) is 5.69 Å². The van der Waals surface area contributed by atoms with Crippen LogP contribution in [0, 0.1) is 17.0 Å². The van der Waals surface area contributed by atoms with Crippen LogP contribution < -0.4 is 0 Å². The molecule has 0 saturated heterocycles. The Labute approximate surface area is 161 Å². The Morgan fingerprint density at radius 2 is 1.50 bits per heavy atom. The van der Waals surface area contributed by atoms with Crippen LogP contribution in [0.25, 0.3) is 0 Å². The van der Waals surface area contributed by atoms with Crippen molar-refractivity contribution >= 4 is 17.4 Å². The second kappa shape index (κ2) is 8.26. The summed E-state index contributed by atoms with van der Waals surface area (Å²) in [6.45, 7) is 1.88. The van der Waals surface area contributed by atoms with Crippen LogP contribution in [0.3, 0.4) is 0 Å². The molecule has 0 fully saturated rings. The molecule has 0 N–H and O–H groups in total. The zero-order valence-electron chi connectivity index (χ0n) is 15.1. The van der Waals surface area contributed by atoms with E-state index in [0.717, 1.165) is 5.56 Å². The molecule has 0 aliphatic carbocycles. The first-order chi connectivity index (χ1) is 13.5. The number of hydrogen-bond donors (Lipinski definition) is 0. The van der Waals surface area contributed by atoms with Gasteiger partial charge in [0, 0.05) is 23.3 Å². The number of ether oxygens (including phenoxy) is 1. The van der Waals surface area contributed by atoms with Crippen molar-refractivity contribution in [3.63, 3.8) is 0 Å². The predicted octanol–water partition coefficient (Wildman–Crippen LogP) is 4.49. The molecule has 3 rings (SSSR count). The molecule has 0 heterocycles. The zero-order chi connectivity index (χ0) is 20.1. The molecule has 0 bridgehead atoms. The van der Waals surface area contributed by atoms with Crippen molar-refractivity contribution in [2.45, 2.75) is 13.5 Å². The topological polar surface area (TPSA) is 86.5 Å². The largest absolute Gasteiger partial charge is 0.457 e. The van der Waals surface area contributed by atoms with Crippen LogP contribution in [0.15, 0.2) is 72.8 Å². The molecule has 6 nitrogen and oxygen atoms in total. The molecule has 0 aromatic heterocycles. The van der Waals surface area contributed by atoms with Gasteiger partial charge >= 0.3 is 5.97 Å². The highest BCUT2D eigenvalue weighted by Crippen LogP contribution is 2.18. The van der Waals surface area contributed by atoms with Crippen molar-refractivity contribution in [1.29, 1.82) is 0 Å². The van der Waals surface area contributed by atoms with Gasteiger partial charge < -0.3 is 4.74 Å². The van der Waals surface area contributed by atoms with Gasteiger partial charge in [0.1, 0.15) is 6.61 Å². The third-order valence-corrected chi connectivity index (χ3v) is 4.22. The van der Waals surface area contributed by atoms with Crippen LogP contribution in [0.2, 0.25) is 0 Å². The lowest BCUT2D eigenvalue weighted by molar-refractivity contribution is -0.384. The Hall–Kier alpha value is -3.80. The van der Waals surface area contributed by atoms with Gasteiger partial charge in [-0.05, 0) is 30.7 Å². The van der Waals surface area contributed by atoms with Gasteiger partial charge in [0.2, 0.25) is 0 Å². The number of esters is 1. The monoisotopic (exact) mass is 375 g/mol. The fourth-order valence-electron chi connectivity index (χ4n) is 2.66. The van der Waals surface area contributed by atoms with Gasteiger partial charge in [-0.3, -0.25) is 14.9 Å². The van der Waals surface area contributed by atoms with Crippen LogP contribution >= 0.6 is 0 Å². The molecular formula is C22H17NO5. The molecule has 0 amide bonds. The molecular weight excluding hydrogens is 358 g/mol. The summed E-state index contributed by atoms with van der Waals surface area (Å²) in [6, 6.07) is 19.3. The summed E-state index contributed by atoms with van der Waals surface area (Å²) < 4.78 is 5.30. The second-order valence-corrected chi connectivity index (χ2v) is 6.24. The number of rotatable bonds is 6. The Morgan fingerprint density at radius 3 is 2.11 bits per heavy atom. The van der Waals surface area contributed by atoms with Gasteiger partial charge in [-0.1, -0.05) is 48.0 Å². The number of nitrogens with zero attached hydrogens (tertiary/aromatic N) is 1. The van der Waals surface area contributed by atoms with Crippen LogP contribution in [-0.4, -0.2) is 16.7 Å². The third kappa shape index (κ3) is 4.29. The van der Waals surface area contributed by atoms with E-state index in [4.69, 9.17) is 4.74 Å². The Balaban J connectivity index is 1.76. The number of hydrogen-bond acceptors (Lipinski definition) is 5. The summed E-state index contributed by atoms with van der Waals surface area (Å²) in [5.74, 6) is -0.891. The van der Waals surface area contributed by atoms with Gasteiger partial charge in [-0.2, -0.15) is 0 Å². The third-order valence-electron chi connectivity index (χ3n) is 4.22. The number of non-ortho nitro benzene ring substituents is 1. The van der Waals surface area contributed by atoms with E-state index in [-0.39, 0.29) is 29.2 Å². The molecule has 28 heavy (non-hydrogen) atoms. The summed E-state index contributed by atoms with van der Waals surface area (Å²) in [5, 5.41) is 10.7. The van der Waals surface area contributed by atoms with Gasteiger partial charge in [0.25, 0.3) is 5.69 Å². The van der Waals surface area contributed by atoms with E-state index in [9.17, 15) is 19.7 Å².